The Hall–Kier alpha value is -2.75. The van der Waals surface area contributed by atoms with E-state index in [0.29, 0.717) is 12.3 Å². The summed E-state index contributed by atoms with van der Waals surface area (Å²) in [6, 6.07) is 17.8. The van der Waals surface area contributed by atoms with Crippen molar-refractivity contribution in [2.75, 3.05) is 7.05 Å². The zero-order valence-electron chi connectivity index (χ0n) is 12.7. The van der Waals surface area contributed by atoms with Crippen molar-refractivity contribution in [3.8, 4) is 5.75 Å². The number of hydrogen-bond donors (Lipinski definition) is 1. The average molecular weight is 294 g/mol. The van der Waals surface area contributed by atoms with Gasteiger partial charge >= 0.3 is 0 Å². The van der Waals surface area contributed by atoms with Crippen molar-refractivity contribution in [2.45, 2.75) is 6.61 Å². The van der Waals surface area contributed by atoms with Crippen molar-refractivity contribution in [1.82, 2.24) is 9.88 Å². The molecule has 0 aliphatic carbocycles. The van der Waals surface area contributed by atoms with E-state index in [1.807, 2.05) is 66.2 Å². The van der Waals surface area contributed by atoms with Gasteiger partial charge in [-0.2, -0.15) is 0 Å². The Balaban J connectivity index is 1.85. The van der Waals surface area contributed by atoms with Crippen LogP contribution >= 0.6 is 0 Å². The van der Waals surface area contributed by atoms with Gasteiger partial charge in [-0.25, -0.2) is 0 Å². The molecule has 22 heavy (non-hydrogen) atoms. The molecule has 0 aliphatic heterocycles. The number of benzene rings is 2. The highest BCUT2D eigenvalue weighted by atomic mass is 16.5. The number of amides is 1. The van der Waals surface area contributed by atoms with E-state index in [4.69, 9.17) is 4.74 Å². The first-order chi connectivity index (χ1) is 10.7. The minimum absolute atomic E-state index is 0.0922. The van der Waals surface area contributed by atoms with E-state index < -0.39 is 0 Å². The molecule has 1 heterocycles. The van der Waals surface area contributed by atoms with Gasteiger partial charge in [0, 0.05) is 25.0 Å². The molecule has 2 aromatic carbocycles. The Morgan fingerprint density at radius 2 is 1.91 bits per heavy atom. The lowest BCUT2D eigenvalue weighted by Crippen LogP contribution is -2.20. The molecule has 1 N–H and O–H groups in total. The molecule has 1 aromatic heterocycles. The fraction of sp³-hybridized carbons (Fsp3) is 0.167. The minimum Gasteiger partial charge on any atom is -0.489 e. The van der Waals surface area contributed by atoms with Gasteiger partial charge in [-0.1, -0.05) is 30.3 Å². The molecule has 0 unspecified atom stereocenters. The van der Waals surface area contributed by atoms with Crippen LogP contribution in [0.3, 0.4) is 0 Å². The molecule has 0 saturated carbocycles. The molecule has 0 bridgehead atoms. The lowest BCUT2D eigenvalue weighted by Gasteiger charge is -2.07. The normalized spacial score (nSPS) is 10.6. The van der Waals surface area contributed by atoms with Gasteiger partial charge in [0.05, 0.1) is 0 Å². The zero-order chi connectivity index (χ0) is 15.5. The molecule has 3 aromatic rings. The first-order valence-corrected chi connectivity index (χ1v) is 7.17. The Morgan fingerprint density at radius 3 is 2.64 bits per heavy atom. The highest BCUT2D eigenvalue weighted by Gasteiger charge is 2.12. The molecule has 0 spiro atoms. The highest BCUT2D eigenvalue weighted by Crippen LogP contribution is 2.24. The third-order valence-electron chi connectivity index (χ3n) is 3.72. The Kier molecular flexibility index (Phi) is 3.83. The van der Waals surface area contributed by atoms with E-state index in [9.17, 15) is 4.79 Å². The third kappa shape index (κ3) is 2.68. The van der Waals surface area contributed by atoms with Gasteiger partial charge in [0.2, 0.25) is 0 Å². The summed E-state index contributed by atoms with van der Waals surface area (Å²) in [5, 5.41) is 3.65. The quantitative estimate of drug-likeness (QED) is 0.803. The number of aryl methyl sites for hydroxylation is 1. The molecule has 4 nitrogen and oxygen atoms in total. The molecular formula is C18H18N2O2. The van der Waals surface area contributed by atoms with Crippen LogP contribution in [0.15, 0.2) is 54.6 Å². The number of carbonyl (C=O) groups is 1. The number of fused-ring (bicyclic) bond motifs is 1. The third-order valence-corrected chi connectivity index (χ3v) is 3.72. The molecule has 0 aliphatic rings. The molecular weight excluding hydrogens is 276 g/mol. The van der Waals surface area contributed by atoms with Crippen LogP contribution < -0.4 is 10.1 Å². The van der Waals surface area contributed by atoms with Crippen molar-refractivity contribution in [1.29, 1.82) is 0 Å². The number of carbonyl (C=O) groups excluding carboxylic acids is 1. The largest absolute Gasteiger partial charge is 0.489 e. The number of hydrogen-bond acceptors (Lipinski definition) is 2. The number of rotatable bonds is 4. The maximum atomic E-state index is 11.8. The van der Waals surface area contributed by atoms with E-state index in [1.165, 1.54) is 0 Å². The molecule has 0 fully saturated rings. The van der Waals surface area contributed by atoms with Crippen LogP contribution in [0.25, 0.3) is 10.9 Å². The summed E-state index contributed by atoms with van der Waals surface area (Å²) < 4.78 is 7.71. The van der Waals surface area contributed by atoms with Crippen LogP contribution in [-0.4, -0.2) is 17.5 Å². The van der Waals surface area contributed by atoms with Gasteiger partial charge in [0.1, 0.15) is 18.1 Å². The van der Waals surface area contributed by atoms with Crippen molar-refractivity contribution in [3.05, 3.63) is 65.9 Å². The van der Waals surface area contributed by atoms with Gasteiger partial charge in [0.15, 0.2) is 0 Å². The summed E-state index contributed by atoms with van der Waals surface area (Å²) in [5.74, 6) is 0.705. The number of nitrogens with one attached hydrogen (secondary N) is 1. The van der Waals surface area contributed by atoms with E-state index in [2.05, 4.69) is 5.32 Å². The van der Waals surface area contributed by atoms with Crippen LogP contribution in [-0.2, 0) is 13.7 Å². The smallest absolute Gasteiger partial charge is 0.267 e. The summed E-state index contributed by atoms with van der Waals surface area (Å²) in [7, 11) is 3.52. The van der Waals surface area contributed by atoms with E-state index in [1.54, 1.807) is 7.05 Å². The van der Waals surface area contributed by atoms with Crippen molar-refractivity contribution in [2.24, 2.45) is 7.05 Å². The standard InChI is InChI=1S/C18H18N2O2/c1-19-18(21)17-11-14-10-15(8-9-16(14)20(17)2)22-12-13-6-4-3-5-7-13/h3-11H,12H2,1-2H3,(H,19,21). The average Bonchev–Trinajstić information content (AvgIpc) is 2.89. The predicted octanol–water partition coefficient (Wildman–Crippen LogP) is 3.12. The van der Waals surface area contributed by atoms with Crippen molar-refractivity contribution < 1.29 is 9.53 Å². The second-order valence-corrected chi connectivity index (χ2v) is 5.16. The van der Waals surface area contributed by atoms with E-state index in [-0.39, 0.29) is 5.91 Å². The highest BCUT2D eigenvalue weighted by molar-refractivity contribution is 5.98. The number of ether oxygens (including phenoxy) is 1. The van der Waals surface area contributed by atoms with Gasteiger partial charge in [-0.3, -0.25) is 4.79 Å². The molecule has 0 atom stereocenters. The molecule has 3 rings (SSSR count). The lowest BCUT2D eigenvalue weighted by molar-refractivity contribution is 0.0955. The maximum absolute atomic E-state index is 11.8. The zero-order valence-corrected chi connectivity index (χ0v) is 12.7. The Bertz CT molecular complexity index is 807. The minimum atomic E-state index is -0.0922. The van der Waals surface area contributed by atoms with E-state index in [0.717, 1.165) is 22.2 Å². The molecule has 0 saturated heterocycles. The van der Waals surface area contributed by atoms with Crippen LogP contribution in [0.5, 0.6) is 5.75 Å². The fourth-order valence-electron chi connectivity index (χ4n) is 2.50. The molecule has 0 radical (unpaired) electrons. The number of aromatic nitrogens is 1. The number of nitrogens with zero attached hydrogens (tertiary/aromatic N) is 1. The fourth-order valence-corrected chi connectivity index (χ4v) is 2.50. The summed E-state index contributed by atoms with van der Waals surface area (Å²) in [6.45, 7) is 0.529. The summed E-state index contributed by atoms with van der Waals surface area (Å²) in [5.41, 5.74) is 2.77. The summed E-state index contributed by atoms with van der Waals surface area (Å²) >= 11 is 0. The lowest BCUT2D eigenvalue weighted by atomic mass is 10.2. The first-order valence-electron chi connectivity index (χ1n) is 7.17. The van der Waals surface area contributed by atoms with Crippen LogP contribution in [0.1, 0.15) is 16.1 Å². The van der Waals surface area contributed by atoms with Gasteiger partial charge in [-0.15, -0.1) is 0 Å². The van der Waals surface area contributed by atoms with Gasteiger partial charge in [0.25, 0.3) is 5.91 Å². The molecule has 4 heteroatoms. The Morgan fingerprint density at radius 1 is 1.14 bits per heavy atom. The SMILES string of the molecule is CNC(=O)c1cc2cc(OCc3ccccc3)ccc2n1C. The first kappa shape index (κ1) is 14.2. The van der Waals surface area contributed by atoms with Crippen molar-refractivity contribution >= 4 is 16.8 Å². The van der Waals surface area contributed by atoms with Crippen LogP contribution in [0.4, 0.5) is 0 Å². The molecule has 1 amide bonds. The van der Waals surface area contributed by atoms with Crippen LogP contribution in [0, 0.1) is 0 Å². The molecule has 112 valence electrons. The topological polar surface area (TPSA) is 43.3 Å². The van der Waals surface area contributed by atoms with Crippen molar-refractivity contribution in [3.63, 3.8) is 0 Å². The monoisotopic (exact) mass is 294 g/mol. The Labute approximate surface area is 129 Å². The summed E-state index contributed by atoms with van der Waals surface area (Å²) in [6.07, 6.45) is 0. The van der Waals surface area contributed by atoms with E-state index >= 15 is 0 Å². The predicted molar refractivity (Wildman–Crippen MR) is 87.1 cm³/mol. The summed E-state index contributed by atoms with van der Waals surface area (Å²) in [4.78, 5) is 11.8. The second-order valence-electron chi connectivity index (χ2n) is 5.16. The second kappa shape index (κ2) is 5.93. The van der Waals surface area contributed by atoms with Gasteiger partial charge in [-0.05, 0) is 29.8 Å². The van der Waals surface area contributed by atoms with Gasteiger partial charge < -0.3 is 14.6 Å². The maximum Gasteiger partial charge on any atom is 0.267 e. The van der Waals surface area contributed by atoms with Crippen LogP contribution in [0.2, 0.25) is 0 Å².